The van der Waals surface area contributed by atoms with Crippen molar-refractivity contribution in [1.82, 2.24) is 0 Å². The number of aryl methyl sites for hydroxylation is 2. The monoisotopic (exact) mass is 258 g/mol. The van der Waals surface area contributed by atoms with E-state index in [-0.39, 0.29) is 0 Å². The van der Waals surface area contributed by atoms with Gasteiger partial charge in [0.15, 0.2) is 9.79 Å². The van der Waals surface area contributed by atoms with Crippen molar-refractivity contribution in [3.8, 4) is 0 Å². The third kappa shape index (κ3) is 2.60. The van der Waals surface area contributed by atoms with Gasteiger partial charge in [0.25, 0.3) is 0 Å². The van der Waals surface area contributed by atoms with Gasteiger partial charge in [0, 0.05) is 22.3 Å². The Kier molecular flexibility index (Phi) is 4.45. The third-order valence-corrected chi connectivity index (χ3v) is 4.70. The summed E-state index contributed by atoms with van der Waals surface area (Å²) >= 11 is -1.07. The van der Waals surface area contributed by atoms with Gasteiger partial charge in [-0.05, 0) is 25.0 Å². The molecule has 18 heavy (non-hydrogen) atoms. The van der Waals surface area contributed by atoms with E-state index >= 15 is 0 Å². The maximum atomic E-state index is 12.7. The lowest BCUT2D eigenvalue weighted by Crippen LogP contribution is -2.07. The fourth-order valence-corrected chi connectivity index (χ4v) is 3.61. The van der Waals surface area contributed by atoms with Gasteiger partial charge in [0.1, 0.15) is 0 Å². The molecule has 0 bridgehead atoms. The third-order valence-electron chi connectivity index (χ3n) is 3.11. The van der Waals surface area contributed by atoms with Gasteiger partial charge >= 0.3 is 0 Å². The predicted molar refractivity (Wildman–Crippen MR) is 76.3 cm³/mol. The summed E-state index contributed by atoms with van der Waals surface area (Å²) in [5.74, 6) is 0. The summed E-state index contributed by atoms with van der Waals surface area (Å²) in [5, 5.41) is 0. The molecule has 1 nitrogen and oxygen atoms in total. The number of hydrogen-bond donors (Lipinski definition) is 0. The molecule has 0 spiro atoms. The van der Waals surface area contributed by atoms with Gasteiger partial charge in [0.2, 0.25) is 0 Å². The number of rotatable bonds is 4. The van der Waals surface area contributed by atoms with Crippen LogP contribution in [0, 0.1) is 0 Å². The van der Waals surface area contributed by atoms with Crippen LogP contribution in [0.5, 0.6) is 0 Å². The molecule has 0 aliphatic heterocycles. The van der Waals surface area contributed by atoms with Crippen LogP contribution in [0.1, 0.15) is 25.0 Å². The molecule has 0 unspecified atom stereocenters. The molecule has 0 saturated heterocycles. The highest BCUT2D eigenvalue weighted by atomic mass is 32.2. The van der Waals surface area contributed by atoms with E-state index in [1.807, 2.05) is 36.4 Å². The van der Waals surface area contributed by atoms with Crippen LogP contribution in [0.4, 0.5) is 0 Å². The molecule has 2 rings (SSSR count). The van der Waals surface area contributed by atoms with E-state index in [4.69, 9.17) is 0 Å². The van der Waals surface area contributed by atoms with Crippen molar-refractivity contribution in [3.63, 3.8) is 0 Å². The molecule has 2 heteroatoms. The smallest absolute Gasteiger partial charge is 0.161 e. The Morgan fingerprint density at radius 2 is 1.17 bits per heavy atom. The normalized spacial score (nSPS) is 10.9. The van der Waals surface area contributed by atoms with E-state index in [0.717, 1.165) is 22.6 Å². The maximum Gasteiger partial charge on any atom is 0.161 e. The van der Waals surface area contributed by atoms with Gasteiger partial charge < -0.3 is 4.55 Å². The predicted octanol–water partition coefficient (Wildman–Crippen LogP) is 3.98. The molecule has 2 aromatic rings. The highest BCUT2D eigenvalue weighted by Gasteiger charge is 2.20. The average molecular weight is 258 g/mol. The second-order valence-corrected chi connectivity index (χ2v) is 5.61. The van der Waals surface area contributed by atoms with Gasteiger partial charge in [-0.3, -0.25) is 0 Å². The van der Waals surface area contributed by atoms with Crippen LogP contribution < -0.4 is 0 Å². The molecular weight excluding hydrogens is 240 g/mol. The molecular formula is C16H18OS. The zero-order valence-corrected chi connectivity index (χ0v) is 11.7. The van der Waals surface area contributed by atoms with E-state index in [9.17, 15) is 4.55 Å². The summed E-state index contributed by atoms with van der Waals surface area (Å²) in [5.41, 5.74) is 2.34. The zero-order valence-electron chi connectivity index (χ0n) is 10.8. The summed E-state index contributed by atoms with van der Waals surface area (Å²) in [6.45, 7) is 4.20. The second kappa shape index (κ2) is 6.07. The molecule has 0 N–H and O–H groups in total. The van der Waals surface area contributed by atoms with Crippen LogP contribution in [0.3, 0.4) is 0 Å². The van der Waals surface area contributed by atoms with Crippen molar-refractivity contribution < 1.29 is 4.55 Å². The Bertz CT molecular complexity index is 475. The summed E-state index contributed by atoms with van der Waals surface area (Å²) in [4.78, 5) is 1.89. The molecule has 0 aliphatic carbocycles. The molecule has 94 valence electrons. The van der Waals surface area contributed by atoms with Crippen LogP contribution in [-0.4, -0.2) is 4.55 Å². The van der Waals surface area contributed by atoms with E-state index in [2.05, 4.69) is 26.0 Å². The average Bonchev–Trinajstić information content (AvgIpc) is 2.46. The Labute approximate surface area is 112 Å². The van der Waals surface area contributed by atoms with Gasteiger partial charge in [0.05, 0.1) is 0 Å². The van der Waals surface area contributed by atoms with Crippen LogP contribution in [0.2, 0.25) is 0 Å². The highest BCUT2D eigenvalue weighted by Crippen LogP contribution is 2.27. The lowest BCUT2D eigenvalue weighted by molar-refractivity contribution is 0.593. The maximum absolute atomic E-state index is 12.7. The van der Waals surface area contributed by atoms with Gasteiger partial charge in [-0.2, -0.15) is 0 Å². The summed E-state index contributed by atoms with van der Waals surface area (Å²) in [7, 11) is 0. The summed E-state index contributed by atoms with van der Waals surface area (Å²) in [6.07, 6.45) is 1.83. The van der Waals surface area contributed by atoms with Crippen molar-refractivity contribution in [2.75, 3.05) is 0 Å². The number of hydrogen-bond acceptors (Lipinski definition) is 1. The first kappa shape index (κ1) is 13.2. The lowest BCUT2D eigenvalue weighted by atomic mass is 10.2. The Morgan fingerprint density at radius 1 is 0.778 bits per heavy atom. The van der Waals surface area contributed by atoms with Crippen LogP contribution in [-0.2, 0) is 24.0 Å². The lowest BCUT2D eigenvalue weighted by Gasteiger charge is -2.15. The van der Waals surface area contributed by atoms with Gasteiger partial charge in [-0.15, -0.1) is 0 Å². The van der Waals surface area contributed by atoms with E-state index < -0.39 is 11.2 Å². The molecule has 0 saturated carbocycles. The molecule has 0 heterocycles. The summed E-state index contributed by atoms with van der Waals surface area (Å²) in [6, 6.07) is 16.0. The fraction of sp³-hybridized carbons (Fsp3) is 0.250. The zero-order chi connectivity index (χ0) is 13.0. The molecule has 0 amide bonds. The van der Waals surface area contributed by atoms with E-state index in [0.29, 0.717) is 0 Å². The van der Waals surface area contributed by atoms with Crippen molar-refractivity contribution in [3.05, 3.63) is 59.7 Å². The Balaban J connectivity index is 2.44. The minimum Gasteiger partial charge on any atom is -0.606 e. The molecule has 2 aromatic carbocycles. The fourth-order valence-electron chi connectivity index (χ4n) is 2.07. The topological polar surface area (TPSA) is 23.1 Å². The molecule has 0 radical (unpaired) electrons. The second-order valence-electron chi connectivity index (χ2n) is 4.19. The summed E-state index contributed by atoms with van der Waals surface area (Å²) < 4.78 is 12.7. The van der Waals surface area contributed by atoms with Crippen LogP contribution in [0.15, 0.2) is 58.3 Å². The van der Waals surface area contributed by atoms with Crippen molar-refractivity contribution >= 4 is 11.2 Å². The molecule has 0 aromatic heterocycles. The standard InChI is InChI=1S/C16H18OS/c1-3-13-9-5-7-11-15(13)18(17)16-12-8-6-10-14(16)4-2/h5-12H,3-4H2,1-2H3. The Hall–Kier alpha value is -1.25. The van der Waals surface area contributed by atoms with E-state index in [1.54, 1.807) is 0 Å². The first-order valence-electron chi connectivity index (χ1n) is 6.35. The molecule has 0 aliphatic rings. The van der Waals surface area contributed by atoms with Crippen molar-refractivity contribution in [1.29, 1.82) is 0 Å². The van der Waals surface area contributed by atoms with E-state index in [1.165, 1.54) is 11.1 Å². The minimum absolute atomic E-state index is 0.913. The van der Waals surface area contributed by atoms with Crippen LogP contribution >= 0.6 is 0 Å². The minimum atomic E-state index is -1.07. The van der Waals surface area contributed by atoms with Crippen molar-refractivity contribution in [2.24, 2.45) is 0 Å². The van der Waals surface area contributed by atoms with Crippen LogP contribution in [0.25, 0.3) is 0 Å². The highest BCUT2D eigenvalue weighted by molar-refractivity contribution is 7.91. The van der Waals surface area contributed by atoms with Gasteiger partial charge in [-0.25, -0.2) is 0 Å². The first-order valence-corrected chi connectivity index (χ1v) is 7.50. The number of benzene rings is 2. The molecule has 0 fully saturated rings. The first-order chi connectivity index (χ1) is 8.77. The van der Waals surface area contributed by atoms with Crippen molar-refractivity contribution in [2.45, 2.75) is 36.5 Å². The Morgan fingerprint density at radius 3 is 1.56 bits per heavy atom. The molecule has 0 atom stereocenters. The van der Waals surface area contributed by atoms with Gasteiger partial charge in [-0.1, -0.05) is 50.2 Å². The largest absolute Gasteiger partial charge is 0.606 e. The quantitative estimate of drug-likeness (QED) is 0.761. The SMILES string of the molecule is CCc1ccccc1[S+]([O-])c1ccccc1CC.